The van der Waals surface area contributed by atoms with Crippen molar-refractivity contribution in [3.05, 3.63) is 34.6 Å². The number of thiazole rings is 1. The van der Waals surface area contributed by atoms with Gasteiger partial charge in [-0.3, -0.25) is 14.9 Å². The molecule has 3 aromatic heterocycles. The molecule has 2 amide bonds. The number of fused-ring (bicyclic) bond motifs is 1. The van der Waals surface area contributed by atoms with Crippen LogP contribution in [0.15, 0.2) is 18.5 Å². The Morgan fingerprint density at radius 3 is 2.71 bits per heavy atom. The fraction of sp³-hybridized carbons (Fsp3) is 0.267. The number of pyridine rings is 1. The first-order valence-corrected chi connectivity index (χ1v) is 8.10. The number of hydrogen-bond acceptors (Lipinski definition) is 6. The highest BCUT2D eigenvalue weighted by Gasteiger charge is 2.17. The van der Waals surface area contributed by atoms with E-state index in [1.54, 1.807) is 19.2 Å². The van der Waals surface area contributed by atoms with Gasteiger partial charge in [-0.25, -0.2) is 14.6 Å². The number of nitrogens with zero attached hydrogens (tertiary/aromatic N) is 4. The zero-order chi connectivity index (χ0) is 17.4. The number of primary amides is 1. The summed E-state index contributed by atoms with van der Waals surface area (Å²) in [6.07, 6.45) is 3.02. The lowest BCUT2D eigenvalue weighted by Gasteiger charge is -2.09. The lowest BCUT2D eigenvalue weighted by Crippen LogP contribution is -2.14. The third-order valence-corrected chi connectivity index (χ3v) is 4.39. The number of anilines is 1. The van der Waals surface area contributed by atoms with Crippen LogP contribution >= 0.6 is 11.3 Å². The molecule has 0 atom stereocenters. The maximum absolute atomic E-state index is 12.5. The van der Waals surface area contributed by atoms with E-state index in [0.29, 0.717) is 16.4 Å². The molecule has 0 spiro atoms. The van der Waals surface area contributed by atoms with Gasteiger partial charge < -0.3 is 5.73 Å². The minimum atomic E-state index is -0.576. The summed E-state index contributed by atoms with van der Waals surface area (Å²) in [5, 5.41) is 8.07. The molecule has 0 fully saturated rings. The average Bonchev–Trinajstić information content (AvgIpc) is 3.12. The van der Waals surface area contributed by atoms with Gasteiger partial charge in [0, 0.05) is 11.4 Å². The number of nitrogens with one attached hydrogen (secondary N) is 1. The maximum Gasteiger partial charge on any atom is 0.260 e. The van der Waals surface area contributed by atoms with Crippen molar-refractivity contribution in [2.24, 2.45) is 5.73 Å². The number of carbonyl (C=O) groups excluding carboxylic acids is 2. The second-order valence-electron chi connectivity index (χ2n) is 5.57. The molecule has 24 heavy (non-hydrogen) atoms. The van der Waals surface area contributed by atoms with Gasteiger partial charge in [0.25, 0.3) is 11.8 Å². The molecule has 0 saturated heterocycles. The molecule has 0 unspecified atom stereocenters. The normalized spacial score (nSPS) is 11.2. The summed E-state index contributed by atoms with van der Waals surface area (Å²) in [6.45, 7) is 5.80. The molecule has 3 heterocycles. The quantitative estimate of drug-likeness (QED) is 0.752. The smallest absolute Gasteiger partial charge is 0.260 e. The zero-order valence-corrected chi connectivity index (χ0v) is 14.2. The Hall–Kier alpha value is -2.81. The highest BCUT2D eigenvalue weighted by molar-refractivity contribution is 7.17. The van der Waals surface area contributed by atoms with Crippen LogP contribution in [0.2, 0.25) is 0 Å². The van der Waals surface area contributed by atoms with E-state index < -0.39 is 5.91 Å². The molecule has 8 nitrogen and oxygen atoms in total. The molecule has 9 heteroatoms. The maximum atomic E-state index is 12.5. The fourth-order valence-corrected chi connectivity index (χ4v) is 2.95. The van der Waals surface area contributed by atoms with Crippen molar-refractivity contribution in [1.82, 2.24) is 19.7 Å². The van der Waals surface area contributed by atoms with Gasteiger partial charge in [-0.15, -0.1) is 0 Å². The van der Waals surface area contributed by atoms with Gasteiger partial charge in [-0.2, -0.15) is 5.10 Å². The van der Waals surface area contributed by atoms with Crippen molar-refractivity contribution in [1.29, 1.82) is 0 Å². The number of nitrogens with two attached hydrogens (primary N) is 1. The molecule has 0 aliphatic carbocycles. The molecule has 0 aliphatic rings. The topological polar surface area (TPSA) is 116 Å². The number of aryl methyl sites for hydroxylation is 1. The van der Waals surface area contributed by atoms with Crippen molar-refractivity contribution >= 4 is 39.3 Å². The van der Waals surface area contributed by atoms with Crippen LogP contribution in [-0.2, 0) is 0 Å². The van der Waals surface area contributed by atoms with E-state index in [1.807, 2.05) is 18.5 Å². The third-order valence-electron chi connectivity index (χ3n) is 3.46. The van der Waals surface area contributed by atoms with Crippen LogP contribution in [0.4, 0.5) is 5.13 Å². The van der Waals surface area contributed by atoms with Gasteiger partial charge in [0.2, 0.25) is 0 Å². The number of aromatic nitrogens is 4. The van der Waals surface area contributed by atoms with Gasteiger partial charge in [0.05, 0.1) is 23.7 Å². The second kappa shape index (κ2) is 6.00. The van der Waals surface area contributed by atoms with Gasteiger partial charge in [-0.05, 0) is 26.8 Å². The second-order valence-corrected chi connectivity index (χ2v) is 6.60. The van der Waals surface area contributed by atoms with Crippen LogP contribution in [-0.4, -0.2) is 31.6 Å². The number of rotatable bonds is 4. The lowest BCUT2D eigenvalue weighted by molar-refractivity contribution is 0.100. The molecular formula is C15H16N6O2S. The average molecular weight is 344 g/mol. The van der Waals surface area contributed by atoms with Crippen LogP contribution in [0.25, 0.3) is 11.0 Å². The molecule has 3 aromatic rings. The Labute approximate surface area is 141 Å². The van der Waals surface area contributed by atoms with Crippen LogP contribution < -0.4 is 11.1 Å². The standard InChI is InChI=1S/C15H16N6O2S/c1-7(2)21-13-9(5-18-21)4-10(8(3)19-13)14(23)20-15-17-6-11(24-15)12(16)22/h4-7H,1-3H3,(H2,16,22)(H,17,20,23). The molecule has 3 rings (SSSR count). The van der Waals surface area contributed by atoms with Gasteiger partial charge in [0.15, 0.2) is 10.8 Å². The summed E-state index contributed by atoms with van der Waals surface area (Å²) in [7, 11) is 0. The van der Waals surface area contributed by atoms with E-state index in [-0.39, 0.29) is 16.8 Å². The first-order chi connectivity index (χ1) is 11.4. The zero-order valence-electron chi connectivity index (χ0n) is 13.4. The van der Waals surface area contributed by atoms with Crippen LogP contribution in [0.3, 0.4) is 0 Å². The predicted octanol–water partition coefficient (Wildman–Crippen LogP) is 2.13. The molecule has 0 bridgehead atoms. The monoisotopic (exact) mass is 344 g/mol. The Morgan fingerprint density at radius 1 is 1.33 bits per heavy atom. The molecule has 0 saturated carbocycles. The Morgan fingerprint density at radius 2 is 2.08 bits per heavy atom. The highest BCUT2D eigenvalue weighted by atomic mass is 32.1. The van der Waals surface area contributed by atoms with E-state index in [2.05, 4.69) is 20.4 Å². The van der Waals surface area contributed by atoms with Crippen molar-refractivity contribution in [2.45, 2.75) is 26.8 Å². The van der Waals surface area contributed by atoms with E-state index in [0.717, 1.165) is 22.4 Å². The molecular weight excluding hydrogens is 328 g/mol. The molecule has 3 N–H and O–H groups in total. The summed E-state index contributed by atoms with van der Waals surface area (Å²) in [5.74, 6) is -0.919. The summed E-state index contributed by atoms with van der Waals surface area (Å²) in [4.78, 5) is 32.3. The number of carbonyl (C=O) groups is 2. The Bertz CT molecular complexity index is 943. The van der Waals surface area contributed by atoms with Crippen molar-refractivity contribution in [2.75, 3.05) is 5.32 Å². The summed E-state index contributed by atoms with van der Waals surface area (Å²) >= 11 is 1.03. The van der Waals surface area contributed by atoms with Crippen LogP contribution in [0.1, 0.15) is 45.6 Å². The van der Waals surface area contributed by atoms with E-state index in [4.69, 9.17) is 5.73 Å². The van der Waals surface area contributed by atoms with Gasteiger partial charge >= 0.3 is 0 Å². The first kappa shape index (κ1) is 16.1. The van der Waals surface area contributed by atoms with Crippen molar-refractivity contribution in [3.63, 3.8) is 0 Å². The summed E-state index contributed by atoms with van der Waals surface area (Å²) < 4.78 is 1.81. The van der Waals surface area contributed by atoms with Gasteiger partial charge in [0.1, 0.15) is 4.88 Å². The van der Waals surface area contributed by atoms with Crippen molar-refractivity contribution < 1.29 is 9.59 Å². The predicted molar refractivity (Wildman–Crippen MR) is 91.2 cm³/mol. The van der Waals surface area contributed by atoms with Crippen LogP contribution in [0.5, 0.6) is 0 Å². The van der Waals surface area contributed by atoms with Crippen LogP contribution in [0, 0.1) is 6.92 Å². The van der Waals surface area contributed by atoms with Crippen molar-refractivity contribution in [3.8, 4) is 0 Å². The molecule has 0 aromatic carbocycles. The first-order valence-electron chi connectivity index (χ1n) is 7.28. The Kier molecular flexibility index (Phi) is 4.02. The van der Waals surface area contributed by atoms with E-state index in [9.17, 15) is 9.59 Å². The minimum absolute atomic E-state index is 0.177. The largest absolute Gasteiger partial charge is 0.365 e. The van der Waals surface area contributed by atoms with E-state index >= 15 is 0 Å². The fourth-order valence-electron chi connectivity index (χ4n) is 2.28. The summed E-state index contributed by atoms with van der Waals surface area (Å²) in [6, 6.07) is 1.93. The third kappa shape index (κ3) is 2.85. The highest BCUT2D eigenvalue weighted by Crippen LogP contribution is 2.22. The SMILES string of the molecule is Cc1nc2c(cnn2C(C)C)cc1C(=O)Nc1ncc(C(N)=O)s1. The van der Waals surface area contributed by atoms with Gasteiger partial charge in [-0.1, -0.05) is 11.3 Å². The number of hydrogen-bond donors (Lipinski definition) is 2. The van der Waals surface area contributed by atoms with E-state index in [1.165, 1.54) is 6.20 Å². The molecule has 0 radical (unpaired) electrons. The summed E-state index contributed by atoms with van der Waals surface area (Å²) in [5.41, 5.74) is 6.95. The minimum Gasteiger partial charge on any atom is -0.365 e. The number of amides is 2. The Balaban J connectivity index is 1.91. The lowest BCUT2D eigenvalue weighted by atomic mass is 10.1. The molecule has 0 aliphatic heterocycles. The molecule has 124 valence electrons.